The van der Waals surface area contributed by atoms with Crippen LogP contribution in [0.1, 0.15) is 29.9 Å². The summed E-state index contributed by atoms with van der Waals surface area (Å²) in [5, 5.41) is 7.34. The molecule has 1 heterocycles. The summed E-state index contributed by atoms with van der Waals surface area (Å²) in [6, 6.07) is 13.6. The highest BCUT2D eigenvalue weighted by molar-refractivity contribution is 7.13. The van der Waals surface area contributed by atoms with Gasteiger partial charge in [-0.05, 0) is 42.9 Å². The first-order valence-corrected chi connectivity index (χ1v) is 11.1. The molecule has 0 saturated carbocycles. The van der Waals surface area contributed by atoms with Gasteiger partial charge in [-0.25, -0.2) is 4.98 Å². The Labute approximate surface area is 181 Å². The minimum Gasteiger partial charge on any atom is -0.328 e. The molecule has 0 fully saturated rings. The molecule has 0 aliphatic rings. The number of nitrogens with one attached hydrogen (secondary N) is 1. The summed E-state index contributed by atoms with van der Waals surface area (Å²) in [6.07, 6.45) is 0. The van der Waals surface area contributed by atoms with E-state index < -0.39 is 0 Å². The second kappa shape index (κ2) is 10.3. The van der Waals surface area contributed by atoms with Crippen LogP contribution in [0.15, 0.2) is 47.8 Å². The molecule has 0 unspecified atom stereocenters. The molecule has 3 rings (SSSR count). The van der Waals surface area contributed by atoms with Gasteiger partial charge < -0.3 is 15.1 Å². The number of likely N-dealkylation sites (N-methyl/N-ethyl adjacent to an activating group) is 1. The van der Waals surface area contributed by atoms with Crippen LogP contribution in [0.5, 0.6) is 0 Å². The molecule has 3 aromatic rings. The lowest BCUT2D eigenvalue weighted by molar-refractivity contribution is -0.116. The van der Waals surface area contributed by atoms with Gasteiger partial charge in [0.25, 0.3) is 5.91 Å². The van der Waals surface area contributed by atoms with E-state index in [9.17, 15) is 9.59 Å². The molecule has 1 N–H and O–H groups in total. The van der Waals surface area contributed by atoms with Gasteiger partial charge in [-0.3, -0.25) is 9.59 Å². The molecule has 6 nitrogen and oxygen atoms in total. The van der Waals surface area contributed by atoms with Crippen LogP contribution < -0.4 is 5.32 Å². The lowest BCUT2D eigenvalue weighted by Gasteiger charge is -2.26. The third-order valence-corrected chi connectivity index (χ3v) is 5.94. The Morgan fingerprint density at radius 2 is 1.77 bits per heavy atom. The predicted molar refractivity (Wildman–Crippen MR) is 123 cm³/mol. The van der Waals surface area contributed by atoms with Crippen LogP contribution in [0.25, 0.3) is 10.8 Å². The fourth-order valence-corrected chi connectivity index (χ4v) is 4.01. The summed E-state index contributed by atoms with van der Waals surface area (Å²) in [5.74, 6) is -0.378. The van der Waals surface area contributed by atoms with E-state index in [1.807, 2.05) is 54.8 Å². The molecule has 0 atom stereocenters. The molecule has 0 bridgehead atoms. The van der Waals surface area contributed by atoms with Gasteiger partial charge in [0.05, 0.1) is 5.69 Å². The largest absolute Gasteiger partial charge is 0.328 e. The number of nitrogens with zero attached hydrogens (tertiary/aromatic N) is 3. The molecular weight excluding hydrogens is 396 g/mol. The van der Waals surface area contributed by atoms with Crippen molar-refractivity contribution in [2.45, 2.75) is 20.8 Å². The van der Waals surface area contributed by atoms with E-state index in [0.717, 1.165) is 36.1 Å². The van der Waals surface area contributed by atoms with Crippen molar-refractivity contribution in [2.75, 3.05) is 38.0 Å². The maximum absolute atomic E-state index is 13.3. The summed E-state index contributed by atoms with van der Waals surface area (Å²) in [7, 11) is 0. The molecule has 0 radical (unpaired) electrons. The number of carbonyl (C=O) groups excluding carboxylic acids is 2. The Hall–Kier alpha value is -2.77. The van der Waals surface area contributed by atoms with Crippen molar-refractivity contribution < 1.29 is 9.59 Å². The highest BCUT2D eigenvalue weighted by atomic mass is 32.1. The van der Waals surface area contributed by atoms with Gasteiger partial charge in [0.15, 0.2) is 5.13 Å². The van der Waals surface area contributed by atoms with Crippen LogP contribution in [0.2, 0.25) is 0 Å². The number of rotatable bonds is 9. The van der Waals surface area contributed by atoms with E-state index in [1.165, 1.54) is 11.3 Å². The molecule has 7 heteroatoms. The van der Waals surface area contributed by atoms with Gasteiger partial charge in [0.1, 0.15) is 6.54 Å². The lowest BCUT2D eigenvalue weighted by atomic mass is 10.1. The number of benzene rings is 2. The molecule has 30 heavy (non-hydrogen) atoms. The Kier molecular flexibility index (Phi) is 7.54. The van der Waals surface area contributed by atoms with Crippen LogP contribution in [-0.4, -0.2) is 59.3 Å². The van der Waals surface area contributed by atoms with E-state index in [-0.39, 0.29) is 18.4 Å². The van der Waals surface area contributed by atoms with Gasteiger partial charge >= 0.3 is 0 Å². The zero-order valence-electron chi connectivity index (χ0n) is 17.7. The number of amides is 2. The second-order valence-electron chi connectivity index (χ2n) is 7.16. The van der Waals surface area contributed by atoms with Crippen molar-refractivity contribution in [1.29, 1.82) is 0 Å². The molecule has 2 aromatic carbocycles. The minimum absolute atomic E-state index is 0.00838. The number of hydrogen-bond donors (Lipinski definition) is 1. The molecular formula is C23H28N4O2S. The lowest BCUT2D eigenvalue weighted by Crippen LogP contribution is -2.42. The van der Waals surface area contributed by atoms with Gasteiger partial charge in [-0.15, -0.1) is 11.3 Å². The SMILES string of the molecule is CCN(CC)CCN(CC(=O)Nc1nc(C)cs1)C(=O)c1ccc2ccccc2c1. The fraction of sp³-hybridized carbons (Fsp3) is 0.348. The Morgan fingerprint density at radius 3 is 2.43 bits per heavy atom. The van der Waals surface area contributed by atoms with Crippen LogP contribution >= 0.6 is 11.3 Å². The molecule has 0 aliphatic heterocycles. The summed E-state index contributed by atoms with van der Waals surface area (Å²) in [6.45, 7) is 9.07. The van der Waals surface area contributed by atoms with Crippen molar-refractivity contribution in [1.82, 2.24) is 14.8 Å². The monoisotopic (exact) mass is 424 g/mol. The summed E-state index contributed by atoms with van der Waals surface area (Å²) in [5.41, 5.74) is 1.45. The summed E-state index contributed by atoms with van der Waals surface area (Å²) < 4.78 is 0. The van der Waals surface area contributed by atoms with Crippen molar-refractivity contribution in [2.24, 2.45) is 0 Å². The highest BCUT2D eigenvalue weighted by Gasteiger charge is 2.20. The third kappa shape index (κ3) is 5.64. The fourth-order valence-electron chi connectivity index (χ4n) is 3.30. The number of anilines is 1. The van der Waals surface area contributed by atoms with Crippen molar-refractivity contribution in [3.63, 3.8) is 0 Å². The van der Waals surface area contributed by atoms with Crippen molar-refractivity contribution in [3.05, 3.63) is 59.1 Å². The van der Waals surface area contributed by atoms with Gasteiger partial charge in [-0.2, -0.15) is 0 Å². The van der Waals surface area contributed by atoms with Gasteiger partial charge in [0, 0.05) is 24.0 Å². The Morgan fingerprint density at radius 1 is 1.03 bits per heavy atom. The second-order valence-corrected chi connectivity index (χ2v) is 8.02. The van der Waals surface area contributed by atoms with Gasteiger partial charge in [-0.1, -0.05) is 44.2 Å². The first-order valence-electron chi connectivity index (χ1n) is 10.2. The first-order chi connectivity index (χ1) is 14.5. The molecule has 1 aromatic heterocycles. The molecule has 0 spiro atoms. The zero-order chi connectivity index (χ0) is 21.5. The molecule has 0 saturated heterocycles. The van der Waals surface area contributed by atoms with E-state index in [0.29, 0.717) is 17.2 Å². The topological polar surface area (TPSA) is 65.5 Å². The average molecular weight is 425 g/mol. The van der Waals surface area contributed by atoms with Crippen LogP contribution in [-0.2, 0) is 4.79 Å². The third-order valence-electron chi connectivity index (χ3n) is 5.06. The van der Waals surface area contributed by atoms with E-state index >= 15 is 0 Å². The van der Waals surface area contributed by atoms with Gasteiger partial charge in [0.2, 0.25) is 5.91 Å². The maximum atomic E-state index is 13.3. The molecule has 0 aliphatic carbocycles. The van der Waals surface area contributed by atoms with E-state index in [4.69, 9.17) is 0 Å². The number of fused-ring (bicyclic) bond motifs is 1. The van der Waals surface area contributed by atoms with E-state index in [2.05, 4.69) is 29.0 Å². The van der Waals surface area contributed by atoms with E-state index in [1.54, 1.807) is 4.90 Å². The number of aromatic nitrogens is 1. The summed E-state index contributed by atoms with van der Waals surface area (Å²) in [4.78, 5) is 34.0. The number of thiazole rings is 1. The number of aryl methyl sites for hydroxylation is 1. The average Bonchev–Trinajstić information content (AvgIpc) is 3.17. The molecule has 2 amide bonds. The molecule has 158 valence electrons. The van der Waals surface area contributed by atoms with Crippen LogP contribution in [0.4, 0.5) is 5.13 Å². The maximum Gasteiger partial charge on any atom is 0.254 e. The van der Waals surface area contributed by atoms with Crippen LogP contribution in [0.3, 0.4) is 0 Å². The number of carbonyl (C=O) groups is 2. The van der Waals surface area contributed by atoms with Crippen LogP contribution in [0, 0.1) is 6.92 Å². The Balaban J connectivity index is 1.77. The van der Waals surface area contributed by atoms with Crippen molar-refractivity contribution >= 4 is 39.1 Å². The van der Waals surface area contributed by atoms with Crippen molar-refractivity contribution in [3.8, 4) is 0 Å². The normalized spacial score (nSPS) is 11.1. The standard InChI is InChI=1S/C23H28N4O2S/c1-4-26(5-2)12-13-27(15-21(28)25-23-24-17(3)16-30-23)22(29)20-11-10-18-8-6-7-9-19(18)14-20/h6-11,14,16H,4-5,12-13,15H2,1-3H3,(H,24,25,28). The smallest absolute Gasteiger partial charge is 0.254 e. The minimum atomic E-state index is -0.238. The first kappa shape index (κ1) is 21.9. The Bertz CT molecular complexity index is 1010. The summed E-state index contributed by atoms with van der Waals surface area (Å²) >= 11 is 1.38. The highest BCUT2D eigenvalue weighted by Crippen LogP contribution is 2.18. The quantitative estimate of drug-likeness (QED) is 0.563. The zero-order valence-corrected chi connectivity index (χ0v) is 18.5. The number of hydrogen-bond acceptors (Lipinski definition) is 5. The predicted octanol–water partition coefficient (Wildman–Crippen LogP) is 4.03.